The van der Waals surface area contributed by atoms with E-state index in [2.05, 4.69) is 25.9 Å². The van der Waals surface area contributed by atoms with Gasteiger partial charge in [0, 0.05) is 6.07 Å². The summed E-state index contributed by atoms with van der Waals surface area (Å²) in [5, 5.41) is 8.99. The first-order valence-electron chi connectivity index (χ1n) is 4.69. The summed E-state index contributed by atoms with van der Waals surface area (Å²) in [7, 11) is 1.50. The highest BCUT2D eigenvalue weighted by molar-refractivity contribution is 9.10. The minimum absolute atomic E-state index is 0.143. The summed E-state index contributed by atoms with van der Waals surface area (Å²) in [4.78, 5) is 7.51. The smallest absolute Gasteiger partial charge is 0.223 e. The molecule has 0 aliphatic heterocycles. The number of benzene rings is 1. The average molecular weight is 311 g/mol. The summed E-state index contributed by atoms with van der Waals surface area (Å²) >= 11 is 3.27. The van der Waals surface area contributed by atoms with Gasteiger partial charge in [-0.05, 0) is 22.0 Å². The maximum absolute atomic E-state index is 8.99. The van der Waals surface area contributed by atoms with Crippen LogP contribution >= 0.6 is 15.9 Å². The number of nitrogens with two attached hydrogens (primary N) is 3. The van der Waals surface area contributed by atoms with Gasteiger partial charge in [-0.2, -0.15) is 10.3 Å². The maximum Gasteiger partial charge on any atom is 0.223 e. The Hall–Kier alpha value is -2.27. The first-order chi connectivity index (χ1) is 8.47. The van der Waals surface area contributed by atoms with Crippen LogP contribution in [0.1, 0.15) is 5.56 Å². The molecule has 0 heterocycles. The lowest BCUT2D eigenvalue weighted by Gasteiger charge is -2.06. The van der Waals surface area contributed by atoms with Crippen LogP contribution in [0.4, 0.5) is 5.69 Å². The predicted molar refractivity (Wildman–Crippen MR) is 72.5 cm³/mol. The molecule has 0 saturated carbocycles. The first kappa shape index (κ1) is 13.8. The molecule has 1 aromatic rings. The Morgan fingerprint density at radius 3 is 2.56 bits per heavy atom. The summed E-state index contributed by atoms with van der Waals surface area (Å²) in [5.74, 6) is 0.167. The number of hydrogen-bond acceptors (Lipinski definition) is 3. The van der Waals surface area contributed by atoms with Gasteiger partial charge in [0.1, 0.15) is 11.8 Å². The molecule has 0 spiro atoms. The highest BCUT2D eigenvalue weighted by atomic mass is 79.9. The van der Waals surface area contributed by atoms with Crippen LogP contribution < -0.4 is 21.9 Å². The zero-order chi connectivity index (χ0) is 13.7. The van der Waals surface area contributed by atoms with E-state index in [1.807, 2.05) is 6.07 Å². The summed E-state index contributed by atoms with van der Waals surface area (Å²) in [6.45, 7) is 0. The molecular weight excluding hydrogens is 300 g/mol. The number of halogens is 1. The third-order valence-corrected chi connectivity index (χ3v) is 2.49. The third-order valence-electron chi connectivity index (χ3n) is 1.87. The lowest BCUT2D eigenvalue weighted by atomic mass is 10.2. The monoisotopic (exact) mass is 310 g/mol. The summed E-state index contributed by atoms with van der Waals surface area (Å²) in [6, 6.07) is 5.11. The van der Waals surface area contributed by atoms with Crippen LogP contribution in [0.15, 0.2) is 26.6 Å². The third kappa shape index (κ3) is 3.36. The van der Waals surface area contributed by atoms with Gasteiger partial charge in [-0.1, -0.05) is 0 Å². The van der Waals surface area contributed by atoms with E-state index in [1.54, 1.807) is 12.1 Å². The number of aliphatic imine (C=N–C) groups is 2. The van der Waals surface area contributed by atoms with Gasteiger partial charge in [0.25, 0.3) is 0 Å². The van der Waals surface area contributed by atoms with Gasteiger partial charge < -0.3 is 21.9 Å². The molecule has 0 radical (unpaired) electrons. The first-order valence-corrected chi connectivity index (χ1v) is 5.48. The van der Waals surface area contributed by atoms with Gasteiger partial charge in [-0.15, -0.1) is 0 Å². The number of hydrogen-bond donors (Lipinski definition) is 3. The number of rotatable bonds is 2. The second-order valence-corrected chi connectivity index (χ2v) is 3.98. The molecule has 0 saturated heterocycles. The van der Waals surface area contributed by atoms with Crippen LogP contribution in [0.2, 0.25) is 0 Å². The minimum Gasteiger partial charge on any atom is -0.495 e. The van der Waals surface area contributed by atoms with E-state index >= 15 is 0 Å². The average Bonchev–Trinajstić information content (AvgIpc) is 2.29. The van der Waals surface area contributed by atoms with E-state index < -0.39 is 0 Å². The zero-order valence-electron chi connectivity index (χ0n) is 9.51. The van der Waals surface area contributed by atoms with Crippen LogP contribution in [0.5, 0.6) is 5.75 Å². The minimum atomic E-state index is -0.209. The molecule has 0 amide bonds. The van der Waals surface area contributed by atoms with E-state index in [9.17, 15) is 0 Å². The van der Waals surface area contributed by atoms with Gasteiger partial charge >= 0.3 is 0 Å². The largest absolute Gasteiger partial charge is 0.495 e. The Morgan fingerprint density at radius 1 is 1.39 bits per heavy atom. The summed E-state index contributed by atoms with van der Waals surface area (Å²) in [6.07, 6.45) is 0. The maximum atomic E-state index is 8.99. The highest BCUT2D eigenvalue weighted by Gasteiger charge is 2.08. The van der Waals surface area contributed by atoms with Crippen LogP contribution in [0, 0.1) is 11.3 Å². The van der Waals surface area contributed by atoms with Gasteiger partial charge in [0.15, 0.2) is 5.96 Å². The molecule has 0 bridgehead atoms. The van der Waals surface area contributed by atoms with Gasteiger partial charge in [0.05, 0.1) is 22.8 Å². The lowest BCUT2D eigenvalue weighted by molar-refractivity contribution is 0.412. The Bertz CT molecular complexity index is 556. The molecule has 0 aliphatic rings. The fraction of sp³-hybridized carbons (Fsp3) is 0.100. The number of nitriles is 1. The van der Waals surface area contributed by atoms with Crippen molar-refractivity contribution in [2.75, 3.05) is 7.11 Å². The molecule has 0 atom stereocenters. The molecule has 0 aliphatic carbocycles. The number of nitrogens with zero attached hydrogens (tertiary/aromatic N) is 3. The van der Waals surface area contributed by atoms with Crippen molar-refractivity contribution in [2.45, 2.75) is 0 Å². The number of methoxy groups -OCH3 is 1. The normalized spacial score (nSPS) is 10.6. The van der Waals surface area contributed by atoms with E-state index in [1.165, 1.54) is 7.11 Å². The molecule has 0 aromatic heterocycles. The molecule has 0 fully saturated rings. The van der Waals surface area contributed by atoms with Crippen molar-refractivity contribution in [1.29, 1.82) is 5.26 Å². The Balaban J connectivity index is 3.32. The molecule has 1 aromatic carbocycles. The van der Waals surface area contributed by atoms with Crippen molar-refractivity contribution in [2.24, 2.45) is 27.2 Å². The molecule has 94 valence electrons. The predicted octanol–water partition coefficient (Wildman–Crippen LogP) is 0.549. The summed E-state index contributed by atoms with van der Waals surface area (Å²) in [5.41, 5.74) is 16.5. The van der Waals surface area contributed by atoms with E-state index in [0.717, 1.165) is 0 Å². The zero-order valence-corrected chi connectivity index (χ0v) is 11.1. The van der Waals surface area contributed by atoms with Crippen molar-refractivity contribution in [3.05, 3.63) is 22.2 Å². The Kier molecular flexibility index (Phi) is 4.51. The van der Waals surface area contributed by atoms with Gasteiger partial charge in [-0.25, -0.2) is 4.99 Å². The van der Waals surface area contributed by atoms with E-state index in [4.69, 9.17) is 27.2 Å². The van der Waals surface area contributed by atoms with Crippen molar-refractivity contribution < 1.29 is 4.74 Å². The van der Waals surface area contributed by atoms with Crippen LogP contribution in [-0.4, -0.2) is 19.0 Å². The Labute approximate surface area is 112 Å². The standard InChI is InChI=1S/C10H11BrN6O/c1-18-8-3-7(5(4-12)2-6(8)11)16-10(15)17-9(13)14/h2-3H,1H3,(H6,13,14,15,16,17). The summed E-state index contributed by atoms with van der Waals surface area (Å²) < 4.78 is 5.74. The van der Waals surface area contributed by atoms with Crippen molar-refractivity contribution in [1.82, 2.24) is 0 Å². The molecule has 1 rings (SSSR count). The molecule has 8 heteroatoms. The fourth-order valence-electron chi connectivity index (χ4n) is 1.16. The lowest BCUT2D eigenvalue weighted by Crippen LogP contribution is -2.26. The molecule has 18 heavy (non-hydrogen) atoms. The van der Waals surface area contributed by atoms with Crippen molar-refractivity contribution in [3.8, 4) is 11.8 Å². The molecule has 7 nitrogen and oxygen atoms in total. The molecular formula is C10H11BrN6O. The van der Waals surface area contributed by atoms with Gasteiger partial charge in [-0.3, -0.25) is 0 Å². The van der Waals surface area contributed by atoms with Crippen molar-refractivity contribution in [3.63, 3.8) is 0 Å². The quantitative estimate of drug-likeness (QED) is 0.541. The second-order valence-electron chi connectivity index (χ2n) is 3.12. The van der Waals surface area contributed by atoms with Crippen LogP contribution in [0.3, 0.4) is 0 Å². The fourth-order valence-corrected chi connectivity index (χ4v) is 1.67. The molecule has 0 unspecified atom stereocenters. The number of guanidine groups is 2. The Morgan fingerprint density at radius 2 is 2.06 bits per heavy atom. The SMILES string of the molecule is COc1cc(N=C(N)N=C(N)N)c(C#N)cc1Br. The number of ether oxygens (including phenoxy) is 1. The van der Waals surface area contributed by atoms with Gasteiger partial charge in [0.2, 0.25) is 5.96 Å². The van der Waals surface area contributed by atoms with Crippen LogP contribution in [0.25, 0.3) is 0 Å². The van der Waals surface area contributed by atoms with Crippen molar-refractivity contribution >= 4 is 33.5 Å². The van der Waals surface area contributed by atoms with E-state index in [-0.39, 0.29) is 11.9 Å². The second kappa shape index (κ2) is 5.88. The molecule has 6 N–H and O–H groups in total. The highest BCUT2D eigenvalue weighted by Crippen LogP contribution is 2.32. The van der Waals surface area contributed by atoms with Crippen LogP contribution in [-0.2, 0) is 0 Å². The topological polar surface area (TPSA) is 136 Å². The van der Waals surface area contributed by atoms with E-state index in [0.29, 0.717) is 21.5 Å².